The minimum Gasteiger partial charge on any atom is -0.487 e. The second kappa shape index (κ2) is 8.38. The van der Waals surface area contributed by atoms with Crippen molar-refractivity contribution in [3.05, 3.63) is 59.9 Å². The number of ether oxygens (including phenoxy) is 1. The van der Waals surface area contributed by atoms with Gasteiger partial charge >= 0.3 is 0 Å². The van der Waals surface area contributed by atoms with Gasteiger partial charge in [-0.15, -0.1) is 0 Å². The van der Waals surface area contributed by atoms with Gasteiger partial charge in [-0.2, -0.15) is 0 Å². The van der Waals surface area contributed by atoms with E-state index in [9.17, 15) is 4.79 Å². The van der Waals surface area contributed by atoms with Crippen LogP contribution in [0.4, 0.5) is 0 Å². The molecule has 5 rings (SSSR count). The van der Waals surface area contributed by atoms with Crippen molar-refractivity contribution >= 4 is 5.91 Å². The molecule has 5 nitrogen and oxygen atoms in total. The molecule has 0 radical (unpaired) electrons. The molecule has 1 atom stereocenters. The van der Waals surface area contributed by atoms with Gasteiger partial charge < -0.3 is 10.1 Å². The second-order valence-corrected chi connectivity index (χ2v) is 9.27. The normalized spacial score (nSPS) is 22.9. The van der Waals surface area contributed by atoms with E-state index in [1.807, 2.05) is 24.4 Å². The fraction of sp³-hybridized carbons (Fsp3) is 0.520. The van der Waals surface area contributed by atoms with E-state index in [0.29, 0.717) is 12.3 Å². The van der Waals surface area contributed by atoms with E-state index < -0.39 is 0 Å². The minimum atomic E-state index is -0.156. The lowest BCUT2D eigenvalue weighted by atomic mass is 9.76. The van der Waals surface area contributed by atoms with Crippen molar-refractivity contribution in [1.29, 1.82) is 0 Å². The molecule has 1 N–H and O–H groups in total. The molecule has 1 saturated carbocycles. The summed E-state index contributed by atoms with van der Waals surface area (Å²) in [6, 6.07) is 14.4. The quantitative estimate of drug-likeness (QED) is 0.792. The van der Waals surface area contributed by atoms with Gasteiger partial charge in [0.2, 0.25) is 5.91 Å². The van der Waals surface area contributed by atoms with Crippen LogP contribution in [0.25, 0.3) is 0 Å². The Hall–Kier alpha value is -2.40. The van der Waals surface area contributed by atoms with Crippen molar-refractivity contribution in [1.82, 2.24) is 15.2 Å². The molecule has 2 fully saturated rings. The minimum absolute atomic E-state index is 0.156. The van der Waals surface area contributed by atoms with E-state index in [0.717, 1.165) is 56.9 Å². The van der Waals surface area contributed by atoms with Gasteiger partial charge in [0.15, 0.2) is 0 Å². The topological polar surface area (TPSA) is 54.5 Å². The number of piperidine rings is 1. The predicted octanol–water partition coefficient (Wildman–Crippen LogP) is 3.90. The molecule has 2 aromatic rings. The van der Waals surface area contributed by atoms with Crippen LogP contribution < -0.4 is 10.1 Å². The fourth-order valence-corrected chi connectivity index (χ4v) is 4.95. The van der Waals surface area contributed by atoms with Crippen LogP contribution in [0.15, 0.2) is 48.7 Å². The molecule has 1 spiro atoms. The number of hydrogen-bond acceptors (Lipinski definition) is 4. The number of benzene rings is 1. The summed E-state index contributed by atoms with van der Waals surface area (Å²) in [5, 5.41) is 3.15. The zero-order valence-corrected chi connectivity index (χ0v) is 17.6. The van der Waals surface area contributed by atoms with E-state index >= 15 is 0 Å². The third-order valence-corrected chi connectivity index (χ3v) is 6.90. The number of fused-ring (bicyclic) bond motifs is 1. The highest BCUT2D eigenvalue weighted by atomic mass is 16.5. The molecule has 1 saturated heterocycles. The standard InChI is InChI=1S/C25H31N3O2/c29-24(27-17-19-8-9-19)15-20-16-25(30-23-7-2-1-6-22(20)23)10-13-28(14-11-25)18-21-5-3-4-12-26-21/h1-7,12,19-20H,8-11,13-18H2,(H,27,29)/t20-/m1/s1. The Labute approximate surface area is 178 Å². The highest BCUT2D eigenvalue weighted by molar-refractivity contribution is 5.77. The summed E-state index contributed by atoms with van der Waals surface area (Å²) in [5.41, 5.74) is 2.16. The molecule has 2 aliphatic heterocycles. The molecule has 5 heteroatoms. The Morgan fingerprint density at radius 1 is 1.13 bits per heavy atom. The van der Waals surface area contributed by atoms with Crippen molar-refractivity contribution in [3.8, 4) is 5.75 Å². The van der Waals surface area contributed by atoms with Crippen LogP contribution in [0.2, 0.25) is 0 Å². The molecule has 0 bridgehead atoms. The summed E-state index contributed by atoms with van der Waals surface area (Å²) < 4.78 is 6.60. The number of rotatable bonds is 6. The number of pyridine rings is 1. The molecule has 1 aromatic carbocycles. The summed E-state index contributed by atoms with van der Waals surface area (Å²) in [6.45, 7) is 3.73. The lowest BCUT2D eigenvalue weighted by Crippen LogP contribution is -2.50. The van der Waals surface area contributed by atoms with E-state index in [1.165, 1.54) is 18.4 Å². The first-order valence-corrected chi connectivity index (χ1v) is 11.4. The maximum atomic E-state index is 12.6. The molecule has 1 amide bonds. The number of nitrogens with one attached hydrogen (secondary N) is 1. The summed E-state index contributed by atoms with van der Waals surface area (Å²) in [7, 11) is 0. The maximum Gasteiger partial charge on any atom is 0.220 e. The van der Waals surface area contributed by atoms with E-state index in [1.54, 1.807) is 0 Å². The van der Waals surface area contributed by atoms with Crippen molar-refractivity contribution in [3.63, 3.8) is 0 Å². The summed E-state index contributed by atoms with van der Waals surface area (Å²) >= 11 is 0. The van der Waals surface area contributed by atoms with Gasteiger partial charge in [-0.05, 0) is 61.8 Å². The highest BCUT2D eigenvalue weighted by Gasteiger charge is 2.43. The molecule has 158 valence electrons. The zero-order valence-electron chi connectivity index (χ0n) is 17.6. The van der Waals surface area contributed by atoms with Gasteiger partial charge in [0.05, 0.1) is 5.69 Å². The molecular formula is C25H31N3O2. The van der Waals surface area contributed by atoms with Gasteiger partial charge in [-0.1, -0.05) is 24.3 Å². The van der Waals surface area contributed by atoms with Crippen molar-refractivity contribution in [2.24, 2.45) is 5.92 Å². The Kier molecular flexibility index (Phi) is 5.47. The number of amides is 1. The van der Waals surface area contributed by atoms with Crippen LogP contribution in [-0.4, -0.2) is 41.0 Å². The van der Waals surface area contributed by atoms with E-state index in [2.05, 4.69) is 39.5 Å². The van der Waals surface area contributed by atoms with Crippen LogP contribution in [0.1, 0.15) is 55.7 Å². The fourth-order valence-electron chi connectivity index (χ4n) is 4.95. The lowest BCUT2D eigenvalue weighted by molar-refractivity contribution is -0.122. The van der Waals surface area contributed by atoms with Gasteiger partial charge in [0, 0.05) is 44.7 Å². The summed E-state index contributed by atoms with van der Waals surface area (Å²) in [4.78, 5) is 19.5. The first kappa shape index (κ1) is 19.6. The molecule has 1 aliphatic carbocycles. The molecular weight excluding hydrogens is 374 g/mol. The third-order valence-electron chi connectivity index (χ3n) is 6.90. The average molecular weight is 406 g/mol. The number of aromatic nitrogens is 1. The lowest BCUT2D eigenvalue weighted by Gasteiger charge is -2.47. The Balaban J connectivity index is 1.25. The average Bonchev–Trinajstić information content (AvgIpc) is 3.60. The molecule has 0 unspecified atom stereocenters. The summed E-state index contributed by atoms with van der Waals surface area (Å²) in [5.74, 6) is 2.11. The third kappa shape index (κ3) is 4.51. The Bertz CT molecular complexity index is 873. The summed E-state index contributed by atoms with van der Waals surface area (Å²) in [6.07, 6.45) is 7.87. The van der Waals surface area contributed by atoms with E-state index in [-0.39, 0.29) is 17.4 Å². The van der Waals surface area contributed by atoms with Crippen LogP contribution >= 0.6 is 0 Å². The number of hydrogen-bond donors (Lipinski definition) is 1. The number of para-hydroxylation sites is 1. The first-order chi connectivity index (χ1) is 14.7. The first-order valence-electron chi connectivity index (χ1n) is 11.4. The highest BCUT2D eigenvalue weighted by Crippen LogP contribution is 2.46. The molecule has 1 aromatic heterocycles. The molecule has 3 aliphatic rings. The van der Waals surface area contributed by atoms with Crippen molar-refractivity contribution in [2.75, 3.05) is 19.6 Å². The smallest absolute Gasteiger partial charge is 0.220 e. The maximum absolute atomic E-state index is 12.6. The van der Waals surface area contributed by atoms with Crippen molar-refractivity contribution in [2.45, 2.75) is 56.6 Å². The number of likely N-dealkylation sites (tertiary alicyclic amines) is 1. The van der Waals surface area contributed by atoms with Crippen LogP contribution in [0, 0.1) is 5.92 Å². The predicted molar refractivity (Wildman–Crippen MR) is 116 cm³/mol. The largest absolute Gasteiger partial charge is 0.487 e. The Morgan fingerprint density at radius 2 is 1.93 bits per heavy atom. The van der Waals surface area contributed by atoms with Crippen LogP contribution in [0.3, 0.4) is 0 Å². The van der Waals surface area contributed by atoms with Crippen LogP contribution in [-0.2, 0) is 11.3 Å². The Morgan fingerprint density at radius 3 is 2.70 bits per heavy atom. The van der Waals surface area contributed by atoms with Gasteiger partial charge in [-0.3, -0.25) is 14.7 Å². The van der Waals surface area contributed by atoms with Gasteiger partial charge in [0.1, 0.15) is 11.4 Å². The zero-order chi connectivity index (χ0) is 20.4. The number of carbonyl (C=O) groups is 1. The molecule has 3 heterocycles. The van der Waals surface area contributed by atoms with Crippen molar-refractivity contribution < 1.29 is 9.53 Å². The number of carbonyl (C=O) groups excluding carboxylic acids is 1. The number of nitrogens with zero attached hydrogens (tertiary/aromatic N) is 2. The second-order valence-electron chi connectivity index (χ2n) is 9.27. The van der Waals surface area contributed by atoms with Gasteiger partial charge in [0.25, 0.3) is 0 Å². The van der Waals surface area contributed by atoms with Gasteiger partial charge in [-0.25, -0.2) is 0 Å². The SMILES string of the molecule is O=C(C[C@@H]1CC2(CCN(Cc3ccccn3)CC2)Oc2ccccc21)NCC1CC1. The molecule has 30 heavy (non-hydrogen) atoms. The van der Waals surface area contributed by atoms with E-state index in [4.69, 9.17) is 4.74 Å². The van der Waals surface area contributed by atoms with Crippen LogP contribution in [0.5, 0.6) is 5.75 Å². The monoisotopic (exact) mass is 405 g/mol.